The zero-order valence-electron chi connectivity index (χ0n) is 59.3. The number of rotatable bonds is 8. The summed E-state index contributed by atoms with van der Waals surface area (Å²) >= 11 is 0. The van der Waals surface area contributed by atoms with E-state index in [-0.39, 0.29) is 70.6 Å². The Kier molecular flexibility index (Phi) is 26.6. The highest BCUT2D eigenvalue weighted by atomic mass is 35.5. The van der Waals surface area contributed by atoms with Crippen LogP contribution >= 0.6 is 0 Å². The molecule has 0 spiro atoms. The number of amides is 8. The van der Waals surface area contributed by atoms with Gasteiger partial charge < -0.3 is 67.3 Å². The fourth-order valence-corrected chi connectivity index (χ4v) is 9.89. The zero-order valence-corrected chi connectivity index (χ0v) is 60.8. The van der Waals surface area contributed by atoms with Gasteiger partial charge in [0.15, 0.2) is 0 Å². The summed E-state index contributed by atoms with van der Waals surface area (Å²) in [6, 6.07) is 70.7. The van der Waals surface area contributed by atoms with Gasteiger partial charge in [-0.2, -0.15) is 9.97 Å². The van der Waals surface area contributed by atoms with Crippen molar-refractivity contribution in [3.05, 3.63) is 298 Å². The molecule has 516 valence electrons. The number of para-hydroxylation sites is 4. The molecule has 0 radical (unpaired) electrons. The topological polar surface area (TPSA) is 193 Å². The van der Waals surface area contributed by atoms with E-state index in [1.54, 1.807) is 0 Å². The first-order valence-corrected chi connectivity index (χ1v) is 32.9. The van der Waals surface area contributed by atoms with Gasteiger partial charge in [-0.1, -0.05) is 204 Å². The Morgan fingerprint density at radius 1 is 0.245 bits per heavy atom. The van der Waals surface area contributed by atoms with Crippen LogP contribution in [0, 0.1) is 47.4 Å². The van der Waals surface area contributed by atoms with Crippen molar-refractivity contribution in [2.75, 3.05) is 42.5 Å². The minimum atomic E-state index is -0.353. The molecule has 0 unspecified atom stereocenters. The summed E-state index contributed by atoms with van der Waals surface area (Å²) < 4.78 is 0. The van der Waals surface area contributed by atoms with Crippen LogP contribution in [0.5, 0.6) is 0 Å². The largest absolute Gasteiger partial charge is 1.00 e. The summed E-state index contributed by atoms with van der Waals surface area (Å²) in [7, 11) is 0. The molecule has 2 aromatic heterocycles. The van der Waals surface area contributed by atoms with Crippen LogP contribution in [0.1, 0.15) is 150 Å². The first kappa shape index (κ1) is 77.3. The second kappa shape index (κ2) is 35.1. The minimum Gasteiger partial charge on any atom is -1.00 e. The van der Waals surface area contributed by atoms with Crippen LogP contribution in [-0.4, -0.2) is 24.1 Å². The molecule has 0 aliphatic carbocycles. The van der Waals surface area contributed by atoms with Gasteiger partial charge in [0.2, 0.25) is 0 Å². The molecule has 0 atom stereocenters. The highest BCUT2D eigenvalue weighted by Crippen LogP contribution is 2.31. The van der Waals surface area contributed by atoms with Crippen LogP contribution in [-0.2, 0) is 21.7 Å². The number of hydrogen-bond acceptors (Lipinski definition) is 4. The number of halogens is 2. The van der Waals surface area contributed by atoms with E-state index in [2.05, 4.69) is 183 Å². The van der Waals surface area contributed by atoms with Gasteiger partial charge in [-0.05, 0) is 153 Å². The normalized spacial score (nSPS) is 10.6. The molecular weight excluding hydrogens is 1310 g/mol. The van der Waals surface area contributed by atoms with Gasteiger partial charge >= 0.3 is 24.1 Å². The van der Waals surface area contributed by atoms with Gasteiger partial charge in [-0.25, -0.2) is 19.2 Å². The number of hydrogen-bond donors (Lipinski definition) is 8. The summed E-state index contributed by atoms with van der Waals surface area (Å²) in [6.45, 7) is 25.6. The Morgan fingerprint density at radius 3 is 0.627 bits per heavy atom. The summed E-state index contributed by atoms with van der Waals surface area (Å²) in [5.41, 5.74) is 14.5. The van der Waals surface area contributed by atoms with E-state index in [1.165, 1.54) is 0 Å². The predicted octanol–water partition coefficient (Wildman–Crippen LogP) is 12.4. The van der Waals surface area contributed by atoms with Gasteiger partial charge in [-0.15, -0.1) is 0 Å². The molecule has 0 aliphatic rings. The molecule has 8 aromatic carbocycles. The summed E-state index contributed by atoms with van der Waals surface area (Å²) in [5.74, 6) is 25.9. The maximum atomic E-state index is 12.8. The number of nitrogens with one attached hydrogen (secondary N) is 10. The zero-order chi connectivity index (χ0) is 71.5. The number of H-pyrrole nitrogens is 2. The fraction of sp³-hybridized carbons (Fsp3) is 0.186. The number of aromatic nitrogens is 2. The third-order valence-electron chi connectivity index (χ3n) is 15.6. The summed E-state index contributed by atoms with van der Waals surface area (Å²) in [4.78, 5) is 58.0. The van der Waals surface area contributed by atoms with Gasteiger partial charge in [-0.3, -0.25) is 0 Å². The van der Waals surface area contributed by atoms with Crippen molar-refractivity contribution in [2.24, 2.45) is 0 Å². The molecular formula is C86H84Cl2N10O4. The van der Waals surface area contributed by atoms with E-state index >= 15 is 0 Å². The third-order valence-corrected chi connectivity index (χ3v) is 15.6. The van der Waals surface area contributed by atoms with Crippen LogP contribution < -0.4 is 77.3 Å². The number of benzene rings is 8. The first-order chi connectivity index (χ1) is 47.7. The van der Waals surface area contributed by atoms with E-state index in [4.69, 9.17) is 0 Å². The molecule has 10 rings (SSSR count). The lowest BCUT2D eigenvalue weighted by molar-refractivity contribution is -0.386. The van der Waals surface area contributed by atoms with Crippen LogP contribution in [0.2, 0.25) is 0 Å². The van der Waals surface area contributed by atoms with Gasteiger partial charge in [0.1, 0.15) is 0 Å². The number of aromatic amines is 2. The van der Waals surface area contributed by atoms with Gasteiger partial charge in [0.05, 0.1) is 22.7 Å². The quantitative estimate of drug-likeness (QED) is 0.0703. The average molecular weight is 1390 g/mol. The average Bonchev–Trinajstić information content (AvgIpc) is 0.836. The van der Waals surface area contributed by atoms with Crippen molar-refractivity contribution in [1.29, 1.82) is 0 Å². The molecule has 14 nitrogen and oxygen atoms in total. The number of pyridine rings is 2. The molecule has 0 aliphatic heterocycles. The second-order valence-corrected chi connectivity index (χ2v) is 27.8. The van der Waals surface area contributed by atoms with Crippen LogP contribution in [0.25, 0.3) is 0 Å². The van der Waals surface area contributed by atoms with Crippen molar-refractivity contribution in [2.45, 2.75) is 105 Å². The van der Waals surface area contributed by atoms with E-state index in [9.17, 15) is 19.2 Å². The second-order valence-electron chi connectivity index (χ2n) is 27.8. The number of carbonyl (C=O) groups excluding carboxylic acids is 4. The van der Waals surface area contributed by atoms with Crippen LogP contribution in [0.3, 0.4) is 0 Å². The van der Waals surface area contributed by atoms with E-state index in [0.717, 1.165) is 22.3 Å². The van der Waals surface area contributed by atoms with Crippen LogP contribution in [0.15, 0.2) is 231 Å². The van der Waals surface area contributed by atoms with Crippen molar-refractivity contribution in [1.82, 2.24) is 0 Å². The van der Waals surface area contributed by atoms with E-state index < -0.39 is 0 Å². The molecule has 0 fully saturated rings. The molecule has 102 heavy (non-hydrogen) atoms. The Bertz CT molecular complexity index is 4270. The number of carbonyl (C=O) groups is 4. The van der Waals surface area contributed by atoms with Crippen molar-refractivity contribution in [3.8, 4) is 47.4 Å². The molecule has 16 heteroatoms. The fourth-order valence-electron chi connectivity index (χ4n) is 9.89. The van der Waals surface area contributed by atoms with E-state index in [0.29, 0.717) is 90.5 Å². The van der Waals surface area contributed by atoms with Crippen molar-refractivity contribution in [3.63, 3.8) is 0 Å². The Labute approximate surface area is 612 Å². The minimum absolute atomic E-state index is 0. The maximum absolute atomic E-state index is 12.8. The monoisotopic (exact) mass is 1390 g/mol. The van der Waals surface area contributed by atoms with Crippen molar-refractivity contribution >= 4 is 69.6 Å². The molecule has 0 bridgehead atoms. The molecule has 0 saturated heterocycles. The summed E-state index contributed by atoms with van der Waals surface area (Å²) in [5, 5.41) is 23.3. The summed E-state index contributed by atoms with van der Waals surface area (Å²) in [6.07, 6.45) is 0. The molecule has 2 heterocycles. The number of anilines is 8. The Morgan fingerprint density at radius 2 is 0.441 bits per heavy atom. The molecule has 8 amide bonds. The molecule has 0 saturated carbocycles. The Balaban J connectivity index is 0.000000280. The van der Waals surface area contributed by atoms with Gasteiger partial charge in [0, 0.05) is 93.0 Å². The van der Waals surface area contributed by atoms with Gasteiger partial charge in [0.25, 0.3) is 22.8 Å². The third kappa shape index (κ3) is 23.6. The smallest absolute Gasteiger partial charge is 0.323 e. The standard InChI is InChI=1S/2C43H41N5O2.2ClH/c2*1-42(2,3)32-22-26-38(47-40(49)45-34-14-9-7-10-15-34)30(28-32)20-24-36-18-13-19-37(44-36)25-21-31-29-33(43(4,5)6)23-27-39(31)48-41(50)46-35-16-11-8-12-17-35;;/h2*7-19,22-23,26-29H,1-6H3,(H2,45,47,49)(H2,46,48,50);2*1H. The SMILES string of the molecule is CC(C)(C)c1ccc(NC(=O)Nc2ccccc2)c(C#Cc2cccc(C#Cc3cc(C(C)(C)C)ccc3NC(=O)Nc3ccccc3)[nH+]2)c1.CC(C)(C)c1ccc(NC(=O)Nc2ccccc2)c(C#Cc2cccc(C#Cc3cc(C(C)(C)C)ccc3NC(=O)Nc3ccccc3)[nH+]2)c1.[Cl-].[Cl-]. The molecule has 10 aromatic rings. The predicted molar refractivity (Wildman–Crippen MR) is 407 cm³/mol. The van der Waals surface area contributed by atoms with Crippen molar-refractivity contribution < 1.29 is 54.0 Å². The lowest BCUT2D eigenvalue weighted by Gasteiger charge is -2.20. The Hall–Kier alpha value is -12.0. The number of urea groups is 4. The maximum Gasteiger partial charge on any atom is 0.323 e. The highest BCUT2D eigenvalue weighted by molar-refractivity contribution is 6.03. The van der Waals surface area contributed by atoms with Crippen LogP contribution in [0.4, 0.5) is 64.7 Å². The molecule has 10 N–H and O–H groups in total. The van der Waals surface area contributed by atoms with E-state index in [1.807, 2.05) is 231 Å². The highest BCUT2D eigenvalue weighted by Gasteiger charge is 2.21. The lowest BCUT2D eigenvalue weighted by atomic mass is 9.86. The lowest BCUT2D eigenvalue weighted by Crippen LogP contribution is -3.00. The first-order valence-electron chi connectivity index (χ1n) is 32.9.